The van der Waals surface area contributed by atoms with Gasteiger partial charge in [0.1, 0.15) is 12.4 Å². The lowest BCUT2D eigenvalue weighted by Crippen LogP contribution is -2.50. The first kappa shape index (κ1) is 15.8. The summed E-state index contributed by atoms with van der Waals surface area (Å²) in [7, 11) is 1.72. The van der Waals surface area contributed by atoms with Crippen molar-refractivity contribution in [3.05, 3.63) is 29.8 Å². The van der Waals surface area contributed by atoms with Crippen LogP contribution < -0.4 is 10.1 Å². The number of amides is 1. The topological polar surface area (TPSA) is 41.6 Å². The molecule has 1 aromatic carbocycles. The summed E-state index contributed by atoms with van der Waals surface area (Å²) in [5.74, 6) is 1.05. The Kier molecular flexibility index (Phi) is 5.23. The summed E-state index contributed by atoms with van der Waals surface area (Å²) in [6.45, 7) is 7.50. The number of carbonyl (C=O) groups excluding carboxylic acids is 1. The van der Waals surface area contributed by atoms with Crippen LogP contribution in [0.1, 0.15) is 25.3 Å². The van der Waals surface area contributed by atoms with Crippen molar-refractivity contribution in [1.82, 2.24) is 10.2 Å². The normalized spacial score (nSPS) is 22.8. The molecule has 1 amide bonds. The van der Waals surface area contributed by atoms with Gasteiger partial charge in [-0.3, -0.25) is 9.69 Å². The van der Waals surface area contributed by atoms with E-state index in [2.05, 4.69) is 36.2 Å². The number of carbonyl (C=O) groups is 1. The van der Waals surface area contributed by atoms with E-state index in [1.54, 1.807) is 7.05 Å². The number of benzene rings is 1. The van der Waals surface area contributed by atoms with E-state index < -0.39 is 0 Å². The third-order valence-corrected chi connectivity index (χ3v) is 4.25. The van der Waals surface area contributed by atoms with Gasteiger partial charge < -0.3 is 10.1 Å². The molecule has 0 radical (unpaired) electrons. The fourth-order valence-electron chi connectivity index (χ4n) is 2.95. The Morgan fingerprint density at radius 2 is 2.10 bits per heavy atom. The molecule has 1 N–H and O–H groups in total. The highest BCUT2D eigenvalue weighted by Crippen LogP contribution is 2.29. The van der Waals surface area contributed by atoms with E-state index in [9.17, 15) is 4.79 Å². The lowest BCUT2D eigenvalue weighted by Gasteiger charge is -2.38. The fourth-order valence-corrected chi connectivity index (χ4v) is 2.95. The summed E-state index contributed by atoms with van der Waals surface area (Å²) >= 11 is 0. The Labute approximate surface area is 127 Å². The summed E-state index contributed by atoms with van der Waals surface area (Å²) in [5.41, 5.74) is 0.969. The summed E-state index contributed by atoms with van der Waals surface area (Å²) < 4.78 is 5.78. The number of aryl methyl sites for hydroxylation is 1. The Morgan fingerprint density at radius 3 is 2.76 bits per heavy atom. The van der Waals surface area contributed by atoms with Gasteiger partial charge in [0.25, 0.3) is 0 Å². The van der Waals surface area contributed by atoms with Crippen molar-refractivity contribution in [3.8, 4) is 5.75 Å². The highest BCUT2D eigenvalue weighted by Gasteiger charge is 2.36. The number of likely N-dealkylation sites (tertiary alicyclic amines) is 1. The molecule has 1 fully saturated rings. The van der Waals surface area contributed by atoms with Crippen molar-refractivity contribution in [1.29, 1.82) is 0 Å². The number of piperidine rings is 1. The largest absolute Gasteiger partial charge is 0.492 e. The van der Waals surface area contributed by atoms with Gasteiger partial charge in [-0.05, 0) is 45.4 Å². The smallest absolute Gasteiger partial charge is 0.226 e. The zero-order valence-corrected chi connectivity index (χ0v) is 13.3. The van der Waals surface area contributed by atoms with Gasteiger partial charge in [0.2, 0.25) is 5.91 Å². The number of rotatable bonds is 5. The Morgan fingerprint density at radius 1 is 1.38 bits per heavy atom. The molecule has 0 saturated carbocycles. The zero-order chi connectivity index (χ0) is 15.3. The van der Waals surface area contributed by atoms with Gasteiger partial charge in [-0.2, -0.15) is 0 Å². The first-order chi connectivity index (χ1) is 10.0. The maximum Gasteiger partial charge on any atom is 0.226 e. The van der Waals surface area contributed by atoms with Gasteiger partial charge in [-0.15, -0.1) is 0 Å². The molecule has 2 rings (SSSR count). The Bertz CT molecular complexity index is 472. The molecular weight excluding hydrogens is 264 g/mol. The van der Waals surface area contributed by atoms with Crippen LogP contribution in [-0.2, 0) is 4.79 Å². The average molecular weight is 290 g/mol. The van der Waals surface area contributed by atoms with Crippen molar-refractivity contribution in [2.75, 3.05) is 33.3 Å². The minimum Gasteiger partial charge on any atom is -0.492 e. The van der Waals surface area contributed by atoms with E-state index in [1.807, 2.05) is 12.1 Å². The van der Waals surface area contributed by atoms with E-state index in [0.717, 1.165) is 38.2 Å². The van der Waals surface area contributed by atoms with Crippen molar-refractivity contribution < 1.29 is 9.53 Å². The van der Waals surface area contributed by atoms with Gasteiger partial charge in [0.05, 0.1) is 5.41 Å². The van der Waals surface area contributed by atoms with Crippen LogP contribution in [0.2, 0.25) is 0 Å². The Balaban J connectivity index is 1.80. The molecule has 1 heterocycles. The number of nitrogens with one attached hydrogen (secondary N) is 1. The third kappa shape index (κ3) is 4.21. The molecule has 1 aliphatic heterocycles. The number of ether oxygens (including phenoxy) is 1. The third-order valence-electron chi connectivity index (χ3n) is 4.25. The maximum absolute atomic E-state index is 12.0. The highest BCUT2D eigenvalue weighted by molar-refractivity contribution is 5.82. The Hall–Kier alpha value is -1.55. The van der Waals surface area contributed by atoms with Crippen molar-refractivity contribution in [2.45, 2.75) is 26.7 Å². The highest BCUT2D eigenvalue weighted by atomic mass is 16.5. The van der Waals surface area contributed by atoms with Crippen molar-refractivity contribution in [2.24, 2.45) is 5.41 Å². The van der Waals surface area contributed by atoms with Crippen LogP contribution in [0.4, 0.5) is 0 Å². The minimum absolute atomic E-state index is 0.145. The second kappa shape index (κ2) is 6.94. The molecule has 1 aliphatic rings. The standard InChI is InChI=1S/C17H26N2O2/c1-14-5-7-15(8-6-14)21-12-11-19-10-4-9-17(2,13-19)16(20)18-3/h5-8H,4,9-13H2,1-3H3,(H,18,20)/t17-/m0/s1. The van der Waals surface area contributed by atoms with Crippen LogP contribution in [0.15, 0.2) is 24.3 Å². The molecule has 1 atom stereocenters. The lowest BCUT2D eigenvalue weighted by molar-refractivity contribution is -0.132. The summed E-state index contributed by atoms with van der Waals surface area (Å²) in [4.78, 5) is 14.3. The van der Waals surface area contributed by atoms with Crippen LogP contribution in [0.25, 0.3) is 0 Å². The van der Waals surface area contributed by atoms with Crippen LogP contribution in [0.5, 0.6) is 5.75 Å². The zero-order valence-electron chi connectivity index (χ0n) is 13.3. The van der Waals surface area contributed by atoms with Gasteiger partial charge >= 0.3 is 0 Å². The van der Waals surface area contributed by atoms with Crippen LogP contribution in [0, 0.1) is 12.3 Å². The molecular formula is C17H26N2O2. The van der Waals surface area contributed by atoms with E-state index in [0.29, 0.717) is 6.61 Å². The molecule has 0 unspecified atom stereocenters. The first-order valence-corrected chi connectivity index (χ1v) is 7.67. The molecule has 1 aromatic rings. The lowest BCUT2D eigenvalue weighted by atomic mass is 9.81. The fraction of sp³-hybridized carbons (Fsp3) is 0.588. The minimum atomic E-state index is -0.267. The van der Waals surface area contributed by atoms with Gasteiger partial charge in [-0.25, -0.2) is 0 Å². The van der Waals surface area contributed by atoms with Crippen molar-refractivity contribution >= 4 is 5.91 Å². The quantitative estimate of drug-likeness (QED) is 0.904. The van der Waals surface area contributed by atoms with Gasteiger partial charge in [0, 0.05) is 20.1 Å². The molecule has 0 bridgehead atoms. The molecule has 0 aromatic heterocycles. The summed E-state index contributed by atoms with van der Waals surface area (Å²) in [6.07, 6.45) is 2.02. The SMILES string of the molecule is CNC(=O)[C@@]1(C)CCCN(CCOc2ccc(C)cc2)C1. The number of hydrogen-bond acceptors (Lipinski definition) is 3. The summed E-state index contributed by atoms with van der Waals surface area (Å²) in [6, 6.07) is 8.11. The van der Waals surface area contributed by atoms with Crippen molar-refractivity contribution in [3.63, 3.8) is 0 Å². The predicted octanol–water partition coefficient (Wildman–Crippen LogP) is 2.22. The van der Waals surface area contributed by atoms with Crippen LogP contribution in [-0.4, -0.2) is 44.1 Å². The maximum atomic E-state index is 12.0. The van der Waals surface area contributed by atoms with E-state index >= 15 is 0 Å². The number of hydrogen-bond donors (Lipinski definition) is 1. The molecule has 4 heteroatoms. The van der Waals surface area contributed by atoms with Crippen LogP contribution in [0.3, 0.4) is 0 Å². The summed E-state index contributed by atoms with van der Waals surface area (Å²) in [5, 5.41) is 2.79. The van der Waals surface area contributed by atoms with Gasteiger partial charge in [-0.1, -0.05) is 17.7 Å². The predicted molar refractivity (Wildman–Crippen MR) is 84.5 cm³/mol. The monoisotopic (exact) mass is 290 g/mol. The van der Waals surface area contributed by atoms with E-state index in [1.165, 1.54) is 5.56 Å². The number of nitrogens with zero attached hydrogens (tertiary/aromatic N) is 1. The molecule has 4 nitrogen and oxygen atoms in total. The van der Waals surface area contributed by atoms with E-state index in [4.69, 9.17) is 4.74 Å². The second-order valence-electron chi connectivity index (χ2n) is 6.18. The molecule has 0 spiro atoms. The molecule has 21 heavy (non-hydrogen) atoms. The van der Waals surface area contributed by atoms with Crippen LogP contribution >= 0.6 is 0 Å². The second-order valence-corrected chi connectivity index (χ2v) is 6.18. The molecule has 1 saturated heterocycles. The van der Waals surface area contributed by atoms with Gasteiger partial charge in [0.15, 0.2) is 0 Å². The molecule has 116 valence electrons. The average Bonchev–Trinajstić information content (AvgIpc) is 2.48. The first-order valence-electron chi connectivity index (χ1n) is 7.67. The van der Waals surface area contributed by atoms with E-state index in [-0.39, 0.29) is 11.3 Å². The molecule has 0 aliphatic carbocycles.